The Hall–Kier alpha value is -3.06. The molecule has 0 atom stereocenters. The second-order valence-corrected chi connectivity index (χ2v) is 6.80. The Bertz CT molecular complexity index is 797. The normalized spacial score (nSPS) is 14.4. The summed E-state index contributed by atoms with van der Waals surface area (Å²) in [5.74, 6) is 0.103. The van der Waals surface area contributed by atoms with Gasteiger partial charge in [-0.25, -0.2) is 0 Å². The summed E-state index contributed by atoms with van der Waals surface area (Å²) in [7, 11) is 3.69. The van der Waals surface area contributed by atoms with Gasteiger partial charge in [-0.05, 0) is 55.6 Å². The van der Waals surface area contributed by atoms with Crippen LogP contribution >= 0.6 is 0 Å². The summed E-state index contributed by atoms with van der Waals surface area (Å²) < 4.78 is 5.06. The van der Waals surface area contributed by atoms with Crippen molar-refractivity contribution >= 4 is 23.2 Å². The zero-order valence-corrected chi connectivity index (χ0v) is 16.3. The Kier molecular flexibility index (Phi) is 6.49. The smallest absolute Gasteiger partial charge is 0.251 e. The fourth-order valence-electron chi connectivity index (χ4n) is 3.03. The van der Waals surface area contributed by atoms with E-state index >= 15 is 0 Å². The summed E-state index contributed by atoms with van der Waals surface area (Å²) in [4.78, 5) is 28.9. The molecule has 0 spiro atoms. The summed E-state index contributed by atoms with van der Waals surface area (Å²) >= 11 is 0. The van der Waals surface area contributed by atoms with Gasteiger partial charge in [-0.3, -0.25) is 9.59 Å². The summed E-state index contributed by atoms with van der Waals surface area (Å²) in [6, 6.07) is 14.5. The number of piperazine rings is 1. The molecule has 1 aliphatic heterocycles. The van der Waals surface area contributed by atoms with Crippen LogP contribution in [0.3, 0.4) is 0 Å². The molecule has 0 aliphatic carbocycles. The molecule has 0 aromatic heterocycles. The number of benzene rings is 2. The Morgan fingerprint density at radius 1 is 0.964 bits per heavy atom. The van der Waals surface area contributed by atoms with Gasteiger partial charge < -0.3 is 25.2 Å². The van der Waals surface area contributed by atoms with Crippen LogP contribution in [0.15, 0.2) is 48.5 Å². The topological polar surface area (TPSA) is 73.9 Å². The summed E-state index contributed by atoms with van der Waals surface area (Å²) in [5.41, 5.74) is 2.34. The van der Waals surface area contributed by atoms with E-state index in [4.69, 9.17) is 4.74 Å². The van der Waals surface area contributed by atoms with Gasteiger partial charge in [-0.2, -0.15) is 0 Å². The van der Waals surface area contributed by atoms with Crippen LogP contribution in [0.1, 0.15) is 10.4 Å². The van der Waals surface area contributed by atoms with E-state index in [9.17, 15) is 9.59 Å². The zero-order valence-electron chi connectivity index (χ0n) is 16.3. The number of anilines is 2. The van der Waals surface area contributed by atoms with Crippen molar-refractivity contribution in [3.8, 4) is 5.75 Å². The second-order valence-electron chi connectivity index (χ2n) is 6.80. The number of amides is 2. The van der Waals surface area contributed by atoms with Gasteiger partial charge in [0.05, 0.1) is 13.7 Å². The summed E-state index contributed by atoms with van der Waals surface area (Å²) in [6.45, 7) is 4.00. The Labute approximate surface area is 165 Å². The largest absolute Gasteiger partial charge is 0.497 e. The molecule has 7 nitrogen and oxygen atoms in total. The highest BCUT2D eigenvalue weighted by Gasteiger charge is 2.14. The number of hydrogen-bond donors (Lipinski definition) is 2. The molecule has 7 heteroatoms. The third kappa shape index (κ3) is 5.23. The van der Waals surface area contributed by atoms with Gasteiger partial charge in [0.2, 0.25) is 5.91 Å². The number of carbonyl (C=O) groups is 2. The molecular weight excluding hydrogens is 356 g/mol. The maximum absolute atomic E-state index is 12.1. The Morgan fingerprint density at radius 3 is 2.21 bits per heavy atom. The number of methoxy groups -OCH3 is 1. The zero-order chi connectivity index (χ0) is 19.9. The van der Waals surface area contributed by atoms with Crippen molar-refractivity contribution < 1.29 is 14.3 Å². The first-order chi connectivity index (χ1) is 13.5. The van der Waals surface area contributed by atoms with E-state index in [-0.39, 0.29) is 18.4 Å². The molecule has 2 aromatic rings. The molecule has 2 N–H and O–H groups in total. The van der Waals surface area contributed by atoms with Crippen molar-refractivity contribution in [2.75, 3.05) is 57.1 Å². The van der Waals surface area contributed by atoms with Crippen molar-refractivity contribution in [3.63, 3.8) is 0 Å². The SMILES string of the molecule is COc1ccc(C(=O)NCC(=O)Nc2ccc(N3CCN(C)CC3)cc2)cc1. The lowest BCUT2D eigenvalue weighted by atomic mass is 10.2. The number of nitrogens with zero attached hydrogens (tertiary/aromatic N) is 2. The van der Waals surface area contributed by atoms with Crippen LogP contribution in [0.2, 0.25) is 0 Å². The lowest BCUT2D eigenvalue weighted by Crippen LogP contribution is -2.44. The lowest BCUT2D eigenvalue weighted by Gasteiger charge is -2.34. The van der Waals surface area contributed by atoms with Crippen LogP contribution in [0.25, 0.3) is 0 Å². The molecule has 0 unspecified atom stereocenters. The Balaban J connectivity index is 1.47. The Morgan fingerprint density at radius 2 is 1.61 bits per heavy atom. The molecule has 2 amide bonds. The van der Waals surface area contributed by atoms with Crippen molar-refractivity contribution in [3.05, 3.63) is 54.1 Å². The van der Waals surface area contributed by atoms with E-state index < -0.39 is 0 Å². The average molecular weight is 382 g/mol. The molecule has 0 radical (unpaired) electrons. The minimum Gasteiger partial charge on any atom is -0.497 e. The van der Waals surface area contributed by atoms with Crippen LogP contribution in [0.5, 0.6) is 5.75 Å². The number of rotatable bonds is 6. The highest BCUT2D eigenvalue weighted by atomic mass is 16.5. The maximum atomic E-state index is 12.1. The molecule has 1 fully saturated rings. The number of nitrogens with one attached hydrogen (secondary N) is 2. The first kappa shape index (κ1) is 19.7. The highest BCUT2D eigenvalue weighted by molar-refractivity contribution is 5.99. The lowest BCUT2D eigenvalue weighted by molar-refractivity contribution is -0.115. The predicted octanol–water partition coefficient (Wildman–Crippen LogP) is 1.82. The number of ether oxygens (including phenoxy) is 1. The van der Waals surface area contributed by atoms with Gasteiger partial charge >= 0.3 is 0 Å². The highest BCUT2D eigenvalue weighted by Crippen LogP contribution is 2.19. The van der Waals surface area contributed by atoms with E-state index in [1.807, 2.05) is 24.3 Å². The van der Waals surface area contributed by atoms with Crippen LogP contribution in [0.4, 0.5) is 11.4 Å². The van der Waals surface area contributed by atoms with E-state index in [0.29, 0.717) is 17.0 Å². The van der Waals surface area contributed by atoms with Crippen LogP contribution in [-0.4, -0.2) is 63.6 Å². The van der Waals surface area contributed by atoms with Gasteiger partial charge in [-0.1, -0.05) is 0 Å². The van der Waals surface area contributed by atoms with E-state index in [1.165, 1.54) is 0 Å². The average Bonchev–Trinajstić information content (AvgIpc) is 2.73. The van der Waals surface area contributed by atoms with Crippen molar-refractivity contribution in [2.45, 2.75) is 0 Å². The third-order valence-electron chi connectivity index (χ3n) is 4.78. The number of likely N-dealkylation sites (N-methyl/N-ethyl adjacent to an activating group) is 1. The minimum atomic E-state index is -0.303. The maximum Gasteiger partial charge on any atom is 0.251 e. The van der Waals surface area contributed by atoms with Crippen molar-refractivity contribution in [2.24, 2.45) is 0 Å². The standard InChI is InChI=1S/C21H26N4O3/c1-24-11-13-25(14-12-24)18-7-5-17(6-8-18)23-20(26)15-22-21(27)16-3-9-19(28-2)10-4-16/h3-10H,11-15H2,1-2H3,(H,22,27)(H,23,26). The van der Waals surface area contributed by atoms with Crippen LogP contribution in [-0.2, 0) is 4.79 Å². The third-order valence-corrected chi connectivity index (χ3v) is 4.78. The van der Waals surface area contributed by atoms with Gasteiger partial charge in [0.15, 0.2) is 0 Å². The van der Waals surface area contributed by atoms with E-state index in [1.54, 1.807) is 31.4 Å². The van der Waals surface area contributed by atoms with Crippen LogP contribution in [0, 0.1) is 0 Å². The molecule has 28 heavy (non-hydrogen) atoms. The fourth-order valence-corrected chi connectivity index (χ4v) is 3.03. The summed E-state index contributed by atoms with van der Waals surface area (Å²) in [5, 5.41) is 5.42. The second kappa shape index (κ2) is 9.23. The predicted molar refractivity (Wildman–Crippen MR) is 110 cm³/mol. The van der Waals surface area contributed by atoms with Gasteiger partial charge in [-0.15, -0.1) is 0 Å². The molecule has 1 aliphatic rings. The van der Waals surface area contributed by atoms with Crippen LogP contribution < -0.4 is 20.3 Å². The molecule has 2 aromatic carbocycles. The molecule has 0 bridgehead atoms. The first-order valence-electron chi connectivity index (χ1n) is 9.31. The first-order valence-corrected chi connectivity index (χ1v) is 9.31. The molecule has 1 heterocycles. The van der Waals surface area contributed by atoms with E-state index in [0.717, 1.165) is 31.9 Å². The number of hydrogen-bond acceptors (Lipinski definition) is 5. The fraction of sp³-hybridized carbons (Fsp3) is 0.333. The van der Waals surface area contributed by atoms with Gasteiger partial charge in [0.1, 0.15) is 5.75 Å². The quantitative estimate of drug-likeness (QED) is 0.797. The van der Waals surface area contributed by atoms with E-state index in [2.05, 4.69) is 27.5 Å². The molecule has 0 saturated carbocycles. The van der Waals surface area contributed by atoms with Gasteiger partial charge in [0.25, 0.3) is 5.91 Å². The monoisotopic (exact) mass is 382 g/mol. The number of carbonyl (C=O) groups excluding carboxylic acids is 2. The summed E-state index contributed by atoms with van der Waals surface area (Å²) in [6.07, 6.45) is 0. The molecule has 3 rings (SSSR count). The minimum absolute atomic E-state index is 0.0922. The molecule has 148 valence electrons. The molecular formula is C21H26N4O3. The van der Waals surface area contributed by atoms with Crippen molar-refractivity contribution in [1.29, 1.82) is 0 Å². The van der Waals surface area contributed by atoms with Crippen molar-refractivity contribution in [1.82, 2.24) is 10.2 Å². The van der Waals surface area contributed by atoms with Gasteiger partial charge in [0, 0.05) is 43.1 Å². The molecule has 1 saturated heterocycles.